The number of fused-ring (bicyclic) bond motifs is 2. The number of ether oxygens (including phenoxy) is 2. The highest BCUT2D eigenvalue weighted by molar-refractivity contribution is 5.79. The second-order valence-electron chi connectivity index (χ2n) is 10.3. The molecule has 0 radical (unpaired) electrons. The molecule has 9 heteroatoms. The van der Waals surface area contributed by atoms with Gasteiger partial charge in [0.15, 0.2) is 17.2 Å². The number of hydrogen-bond acceptors (Lipinski definition) is 4. The summed E-state index contributed by atoms with van der Waals surface area (Å²) in [5.74, 6) is 1.66. The van der Waals surface area contributed by atoms with Gasteiger partial charge in [-0.1, -0.05) is 55.8 Å². The van der Waals surface area contributed by atoms with Crippen molar-refractivity contribution >= 4 is 10.9 Å². The number of aromatic amines is 1. The van der Waals surface area contributed by atoms with Gasteiger partial charge in [-0.3, -0.25) is 4.90 Å². The van der Waals surface area contributed by atoms with Gasteiger partial charge in [-0.15, -0.1) is 0 Å². The summed E-state index contributed by atoms with van der Waals surface area (Å²) in [5, 5.41) is 1.06. The molecule has 0 unspecified atom stereocenters. The number of unbranched alkanes of at least 4 members (excludes halogenated alkanes) is 1. The van der Waals surface area contributed by atoms with E-state index in [1.54, 1.807) is 4.57 Å². The maximum Gasteiger partial charge on any atom is 0.435 e. The molecule has 0 bridgehead atoms. The van der Waals surface area contributed by atoms with Gasteiger partial charge in [-0.2, -0.15) is 13.2 Å². The van der Waals surface area contributed by atoms with E-state index in [1.807, 2.05) is 84.8 Å². The van der Waals surface area contributed by atoms with Gasteiger partial charge in [-0.05, 0) is 53.3 Å². The molecule has 3 heterocycles. The van der Waals surface area contributed by atoms with Gasteiger partial charge in [0.05, 0.1) is 5.69 Å². The van der Waals surface area contributed by atoms with Crippen LogP contribution in [0.15, 0.2) is 79.0 Å². The van der Waals surface area contributed by atoms with Crippen LogP contribution in [0.25, 0.3) is 22.3 Å². The average Bonchev–Trinajstić information content (AvgIpc) is 3.70. The van der Waals surface area contributed by atoms with Crippen LogP contribution in [-0.4, -0.2) is 26.2 Å². The Morgan fingerprint density at radius 1 is 0.902 bits per heavy atom. The van der Waals surface area contributed by atoms with Gasteiger partial charge in [0.25, 0.3) is 0 Å². The lowest BCUT2D eigenvalue weighted by Gasteiger charge is -2.25. The molecule has 0 fully saturated rings. The molecule has 2 aromatic heterocycles. The second-order valence-corrected chi connectivity index (χ2v) is 10.3. The van der Waals surface area contributed by atoms with E-state index in [0.29, 0.717) is 42.5 Å². The predicted octanol–water partition coefficient (Wildman–Crippen LogP) is 7.78. The SMILES string of the molecule is CCCCn1c(-c2ccccc2)nc(C(F)(F)F)c1CN(Cc1ccc2c(c1)OCO2)Cc1ccc2[nH]ccc2c1. The third-order valence-electron chi connectivity index (χ3n) is 7.35. The van der Waals surface area contributed by atoms with Crippen molar-refractivity contribution in [1.82, 2.24) is 19.4 Å². The molecule has 6 rings (SSSR count). The quantitative estimate of drug-likeness (QED) is 0.190. The number of halogens is 3. The van der Waals surface area contributed by atoms with Crippen LogP contribution in [0, 0.1) is 0 Å². The molecular weight excluding hydrogens is 529 g/mol. The van der Waals surface area contributed by atoms with Gasteiger partial charge in [0.2, 0.25) is 6.79 Å². The number of rotatable bonds is 10. The Morgan fingerprint density at radius 3 is 2.44 bits per heavy atom. The highest BCUT2D eigenvalue weighted by Crippen LogP contribution is 2.37. The van der Waals surface area contributed by atoms with Gasteiger partial charge < -0.3 is 19.0 Å². The van der Waals surface area contributed by atoms with Gasteiger partial charge >= 0.3 is 6.18 Å². The Hall–Kier alpha value is -4.24. The highest BCUT2D eigenvalue weighted by Gasteiger charge is 2.39. The summed E-state index contributed by atoms with van der Waals surface area (Å²) in [5.41, 5.74) is 2.96. The minimum Gasteiger partial charge on any atom is -0.454 e. The van der Waals surface area contributed by atoms with Crippen LogP contribution in [0.2, 0.25) is 0 Å². The fraction of sp³-hybridized carbons (Fsp3) is 0.281. The first-order chi connectivity index (χ1) is 19.9. The van der Waals surface area contributed by atoms with Crippen molar-refractivity contribution in [3.05, 3.63) is 102 Å². The van der Waals surface area contributed by atoms with Gasteiger partial charge in [0.1, 0.15) is 5.82 Å². The molecule has 3 aromatic carbocycles. The van der Waals surface area contributed by atoms with E-state index in [2.05, 4.69) is 16.0 Å². The molecule has 41 heavy (non-hydrogen) atoms. The van der Waals surface area contributed by atoms with Crippen LogP contribution < -0.4 is 9.47 Å². The minimum atomic E-state index is -4.59. The van der Waals surface area contributed by atoms with Crippen molar-refractivity contribution in [2.75, 3.05) is 6.79 Å². The first-order valence-corrected chi connectivity index (χ1v) is 13.8. The van der Waals surface area contributed by atoms with Crippen molar-refractivity contribution in [3.8, 4) is 22.9 Å². The Balaban J connectivity index is 1.42. The Bertz CT molecular complexity index is 1640. The Labute approximate surface area is 236 Å². The molecule has 6 nitrogen and oxygen atoms in total. The number of hydrogen-bond donors (Lipinski definition) is 1. The lowest BCUT2D eigenvalue weighted by atomic mass is 10.1. The Morgan fingerprint density at radius 2 is 1.66 bits per heavy atom. The number of nitrogens with one attached hydrogen (secondary N) is 1. The zero-order chi connectivity index (χ0) is 28.4. The summed E-state index contributed by atoms with van der Waals surface area (Å²) < 4.78 is 56.4. The highest BCUT2D eigenvalue weighted by atomic mass is 19.4. The lowest BCUT2D eigenvalue weighted by Crippen LogP contribution is -2.26. The summed E-state index contributed by atoms with van der Waals surface area (Å²) in [4.78, 5) is 9.46. The first kappa shape index (κ1) is 27.0. The first-order valence-electron chi connectivity index (χ1n) is 13.8. The zero-order valence-electron chi connectivity index (χ0n) is 22.7. The molecule has 0 amide bonds. The van der Waals surface area contributed by atoms with Crippen molar-refractivity contribution in [3.63, 3.8) is 0 Å². The summed E-state index contributed by atoms with van der Waals surface area (Å²) in [6, 6.07) is 22.9. The van der Waals surface area contributed by atoms with Crippen LogP contribution in [0.5, 0.6) is 11.5 Å². The number of nitrogens with zero attached hydrogens (tertiary/aromatic N) is 3. The normalized spacial score (nSPS) is 13.0. The van der Waals surface area contributed by atoms with Crippen LogP contribution in [0.1, 0.15) is 42.3 Å². The van der Waals surface area contributed by atoms with Crippen molar-refractivity contribution in [2.24, 2.45) is 0 Å². The number of benzene rings is 3. The van der Waals surface area contributed by atoms with Crippen molar-refractivity contribution in [2.45, 2.75) is 52.1 Å². The molecule has 1 aliphatic heterocycles. The Kier molecular flexibility index (Phi) is 7.45. The van der Waals surface area contributed by atoms with E-state index in [4.69, 9.17) is 9.47 Å². The van der Waals surface area contributed by atoms with Crippen LogP contribution in [0.3, 0.4) is 0 Å². The molecule has 0 aliphatic carbocycles. The number of imidazole rings is 1. The molecule has 0 spiro atoms. The standard InChI is InChI=1S/C32H31F3N4O2/c1-2-3-15-39-27(30(32(33,34)35)37-31(39)24-7-5-4-6-8-24)20-38(18-22-9-11-26-25(16-22)13-14-36-26)19-23-10-12-28-29(17-23)41-21-40-28/h4-14,16-17,36H,2-3,15,18-21H2,1H3. The fourth-order valence-electron chi connectivity index (χ4n) is 5.37. The van der Waals surface area contributed by atoms with E-state index in [0.717, 1.165) is 34.9 Å². The molecular formula is C32H31F3N4O2. The zero-order valence-corrected chi connectivity index (χ0v) is 22.7. The minimum absolute atomic E-state index is 0.0675. The van der Waals surface area contributed by atoms with Crippen molar-refractivity contribution in [1.29, 1.82) is 0 Å². The molecule has 1 N–H and O–H groups in total. The summed E-state index contributed by atoms with van der Waals surface area (Å²) >= 11 is 0. The van der Waals surface area contributed by atoms with Gasteiger partial charge in [0, 0.05) is 43.5 Å². The predicted molar refractivity (Wildman–Crippen MR) is 151 cm³/mol. The summed E-state index contributed by atoms with van der Waals surface area (Å²) in [7, 11) is 0. The molecule has 5 aromatic rings. The van der Waals surface area contributed by atoms with E-state index in [9.17, 15) is 13.2 Å². The third-order valence-corrected chi connectivity index (χ3v) is 7.35. The summed E-state index contributed by atoms with van der Waals surface area (Å²) in [6.45, 7) is 3.58. The molecule has 0 saturated carbocycles. The number of aromatic nitrogens is 3. The van der Waals surface area contributed by atoms with E-state index in [1.165, 1.54) is 0 Å². The van der Waals surface area contributed by atoms with Gasteiger partial charge in [-0.25, -0.2) is 4.98 Å². The smallest absolute Gasteiger partial charge is 0.435 e. The third kappa shape index (κ3) is 5.81. The fourth-order valence-corrected chi connectivity index (χ4v) is 5.37. The van der Waals surface area contributed by atoms with Crippen LogP contribution in [-0.2, 0) is 32.4 Å². The van der Waals surface area contributed by atoms with Crippen molar-refractivity contribution < 1.29 is 22.6 Å². The molecule has 0 saturated heterocycles. The summed E-state index contributed by atoms with van der Waals surface area (Å²) in [6.07, 6.45) is -1.12. The van der Waals surface area contributed by atoms with E-state index in [-0.39, 0.29) is 19.0 Å². The average molecular weight is 561 g/mol. The molecule has 212 valence electrons. The second kappa shape index (κ2) is 11.3. The topological polar surface area (TPSA) is 55.3 Å². The maximum atomic E-state index is 14.5. The molecule has 0 atom stereocenters. The maximum absolute atomic E-state index is 14.5. The van der Waals surface area contributed by atoms with Crippen LogP contribution >= 0.6 is 0 Å². The van der Waals surface area contributed by atoms with E-state index < -0.39 is 11.9 Å². The molecule has 1 aliphatic rings. The van der Waals surface area contributed by atoms with E-state index >= 15 is 0 Å². The monoisotopic (exact) mass is 560 g/mol. The number of H-pyrrole nitrogens is 1. The largest absolute Gasteiger partial charge is 0.454 e. The van der Waals surface area contributed by atoms with Crippen LogP contribution in [0.4, 0.5) is 13.2 Å². The number of alkyl halides is 3. The lowest BCUT2D eigenvalue weighted by molar-refractivity contribution is -0.141.